The van der Waals surface area contributed by atoms with Crippen molar-refractivity contribution in [2.45, 2.75) is 6.36 Å². The Labute approximate surface area is 90.6 Å². The van der Waals surface area contributed by atoms with Gasteiger partial charge in [-0.15, -0.1) is 13.2 Å². The first-order chi connectivity index (χ1) is 6.29. The van der Waals surface area contributed by atoms with Crippen molar-refractivity contribution in [3.63, 3.8) is 0 Å². The summed E-state index contributed by atoms with van der Waals surface area (Å²) in [7, 11) is 0. The van der Waals surface area contributed by atoms with Crippen LogP contribution in [-0.4, -0.2) is 11.3 Å². The Balaban J connectivity index is 3.04. The number of nitrogens with two attached hydrogens (primary N) is 2. The van der Waals surface area contributed by atoms with Crippen LogP contribution in [0.25, 0.3) is 0 Å². The predicted molar refractivity (Wildman–Crippen MR) is 52.5 cm³/mol. The zero-order chi connectivity index (χ0) is 10.9. The molecule has 78 valence electrons. The summed E-state index contributed by atoms with van der Waals surface area (Å²) >= 11 is 1.75. The van der Waals surface area contributed by atoms with E-state index < -0.39 is 12.1 Å². The molecule has 0 aliphatic rings. The molecule has 0 aliphatic carbocycles. The van der Waals surface area contributed by atoms with Gasteiger partial charge in [0.1, 0.15) is 3.70 Å². The molecule has 0 amide bonds. The van der Waals surface area contributed by atoms with Gasteiger partial charge < -0.3 is 16.2 Å². The standard InChI is InChI=1S/C6H5F3IN3O/c7-6(8,9)14-3-1-2(11)4(10)13-5(3)12/h1H,11H2,(H2,12,13). The van der Waals surface area contributed by atoms with Crippen LogP contribution >= 0.6 is 22.6 Å². The lowest BCUT2D eigenvalue weighted by Crippen LogP contribution is -2.18. The third kappa shape index (κ3) is 2.79. The zero-order valence-electron chi connectivity index (χ0n) is 6.60. The maximum atomic E-state index is 11.8. The minimum absolute atomic E-state index is 0.0825. The first-order valence-electron chi connectivity index (χ1n) is 3.27. The fourth-order valence-corrected chi connectivity index (χ4v) is 1.12. The third-order valence-electron chi connectivity index (χ3n) is 1.22. The van der Waals surface area contributed by atoms with Crippen molar-refractivity contribution >= 4 is 34.1 Å². The van der Waals surface area contributed by atoms with Crippen LogP contribution in [0.5, 0.6) is 5.75 Å². The summed E-state index contributed by atoms with van der Waals surface area (Å²) in [5, 5.41) is 0. The molecule has 1 rings (SSSR count). The van der Waals surface area contributed by atoms with Crippen LogP contribution in [0, 0.1) is 3.70 Å². The van der Waals surface area contributed by atoms with Gasteiger partial charge in [0.05, 0.1) is 5.69 Å². The van der Waals surface area contributed by atoms with Crippen molar-refractivity contribution in [3.8, 4) is 5.75 Å². The van der Waals surface area contributed by atoms with Gasteiger partial charge in [-0.3, -0.25) is 0 Å². The van der Waals surface area contributed by atoms with Gasteiger partial charge in [-0.05, 0) is 22.6 Å². The van der Waals surface area contributed by atoms with Gasteiger partial charge in [-0.1, -0.05) is 0 Å². The first kappa shape index (κ1) is 11.1. The molecule has 1 aromatic rings. The first-order valence-corrected chi connectivity index (χ1v) is 4.34. The van der Waals surface area contributed by atoms with Crippen LogP contribution in [0.15, 0.2) is 6.07 Å². The smallest absolute Gasteiger partial charge is 0.402 e. The second-order valence-corrected chi connectivity index (χ2v) is 3.32. The monoisotopic (exact) mass is 319 g/mol. The number of alkyl halides is 3. The average Bonchev–Trinajstić information content (AvgIpc) is 1.97. The van der Waals surface area contributed by atoms with Crippen molar-refractivity contribution in [3.05, 3.63) is 9.77 Å². The summed E-state index contributed by atoms with van der Waals surface area (Å²) < 4.78 is 39.3. The Morgan fingerprint density at radius 1 is 1.36 bits per heavy atom. The minimum atomic E-state index is -4.80. The molecule has 4 nitrogen and oxygen atoms in total. The number of hydrogen-bond donors (Lipinski definition) is 2. The van der Waals surface area contributed by atoms with E-state index in [2.05, 4.69) is 9.72 Å². The molecule has 0 saturated carbocycles. The molecule has 0 bridgehead atoms. The van der Waals surface area contributed by atoms with Crippen LogP contribution in [0.3, 0.4) is 0 Å². The number of nitrogen functional groups attached to an aromatic ring is 2. The van der Waals surface area contributed by atoms with E-state index in [0.29, 0.717) is 3.70 Å². The number of anilines is 2. The number of halogens is 4. The van der Waals surface area contributed by atoms with Gasteiger partial charge in [0, 0.05) is 6.07 Å². The van der Waals surface area contributed by atoms with Crippen molar-refractivity contribution < 1.29 is 17.9 Å². The molecule has 0 saturated heterocycles. The van der Waals surface area contributed by atoms with Crippen LogP contribution in [-0.2, 0) is 0 Å². The Kier molecular flexibility index (Phi) is 2.92. The van der Waals surface area contributed by atoms with Crippen molar-refractivity contribution in [1.29, 1.82) is 0 Å². The number of nitrogens with zero attached hydrogens (tertiary/aromatic N) is 1. The summed E-state index contributed by atoms with van der Waals surface area (Å²) in [6.45, 7) is 0. The summed E-state index contributed by atoms with van der Waals surface area (Å²) in [6.07, 6.45) is -4.80. The summed E-state index contributed by atoms with van der Waals surface area (Å²) in [5.41, 5.74) is 10.6. The molecular weight excluding hydrogens is 314 g/mol. The quantitative estimate of drug-likeness (QED) is 0.611. The van der Waals surface area contributed by atoms with Crippen LogP contribution in [0.1, 0.15) is 0 Å². The highest BCUT2D eigenvalue weighted by molar-refractivity contribution is 14.1. The van der Waals surface area contributed by atoms with Crippen LogP contribution < -0.4 is 16.2 Å². The molecule has 8 heteroatoms. The zero-order valence-corrected chi connectivity index (χ0v) is 8.76. The molecule has 0 fully saturated rings. The number of pyridine rings is 1. The summed E-state index contributed by atoms with van der Waals surface area (Å²) in [4.78, 5) is 3.57. The van der Waals surface area contributed by atoms with Crippen molar-refractivity contribution in [2.75, 3.05) is 11.5 Å². The molecule has 0 aromatic carbocycles. The van der Waals surface area contributed by atoms with E-state index in [4.69, 9.17) is 11.5 Å². The lowest BCUT2D eigenvalue weighted by molar-refractivity contribution is -0.274. The van der Waals surface area contributed by atoms with E-state index >= 15 is 0 Å². The van der Waals surface area contributed by atoms with E-state index in [1.54, 1.807) is 22.6 Å². The van der Waals surface area contributed by atoms with Gasteiger partial charge in [0.2, 0.25) is 0 Å². The molecule has 0 radical (unpaired) electrons. The Bertz CT molecular complexity index is 355. The Morgan fingerprint density at radius 2 is 1.93 bits per heavy atom. The number of hydrogen-bond acceptors (Lipinski definition) is 4. The molecule has 0 atom stereocenters. The predicted octanol–water partition coefficient (Wildman–Crippen LogP) is 1.75. The highest BCUT2D eigenvalue weighted by atomic mass is 127. The maximum Gasteiger partial charge on any atom is 0.573 e. The summed E-state index contributed by atoms with van der Waals surface area (Å²) in [6, 6.07) is 0.984. The molecular formula is C6H5F3IN3O. The van der Waals surface area contributed by atoms with E-state index in [1.807, 2.05) is 0 Å². The van der Waals surface area contributed by atoms with E-state index in [-0.39, 0.29) is 11.5 Å². The molecule has 4 N–H and O–H groups in total. The van der Waals surface area contributed by atoms with Crippen LogP contribution in [0.2, 0.25) is 0 Å². The van der Waals surface area contributed by atoms with Crippen molar-refractivity contribution in [2.24, 2.45) is 0 Å². The number of ether oxygens (including phenoxy) is 1. The highest BCUT2D eigenvalue weighted by Crippen LogP contribution is 2.30. The summed E-state index contributed by atoms with van der Waals surface area (Å²) in [5.74, 6) is -0.934. The number of rotatable bonds is 1. The topological polar surface area (TPSA) is 74.2 Å². The Morgan fingerprint density at radius 3 is 2.43 bits per heavy atom. The minimum Gasteiger partial charge on any atom is -0.402 e. The van der Waals surface area contributed by atoms with Gasteiger partial charge in [-0.25, -0.2) is 4.98 Å². The average molecular weight is 319 g/mol. The molecule has 1 heterocycles. The second-order valence-electron chi connectivity index (χ2n) is 2.30. The van der Waals surface area contributed by atoms with Gasteiger partial charge in [0.25, 0.3) is 0 Å². The maximum absolute atomic E-state index is 11.8. The fraction of sp³-hybridized carbons (Fsp3) is 0.167. The molecule has 0 spiro atoms. The van der Waals surface area contributed by atoms with E-state index in [9.17, 15) is 13.2 Å². The van der Waals surface area contributed by atoms with E-state index in [0.717, 1.165) is 6.07 Å². The molecule has 14 heavy (non-hydrogen) atoms. The Hall–Kier alpha value is -0.930. The number of aromatic nitrogens is 1. The highest BCUT2D eigenvalue weighted by Gasteiger charge is 2.32. The fourth-order valence-electron chi connectivity index (χ4n) is 0.707. The normalized spacial score (nSPS) is 11.4. The van der Waals surface area contributed by atoms with Gasteiger partial charge in [0.15, 0.2) is 11.6 Å². The third-order valence-corrected chi connectivity index (χ3v) is 2.09. The lowest BCUT2D eigenvalue weighted by atomic mass is 10.4. The molecule has 1 aromatic heterocycles. The molecule has 0 unspecified atom stereocenters. The molecule has 0 aliphatic heterocycles. The van der Waals surface area contributed by atoms with E-state index in [1.165, 1.54) is 0 Å². The van der Waals surface area contributed by atoms with Gasteiger partial charge >= 0.3 is 6.36 Å². The SMILES string of the molecule is Nc1cc(OC(F)(F)F)c(N)nc1I. The second kappa shape index (κ2) is 3.67. The van der Waals surface area contributed by atoms with Crippen molar-refractivity contribution in [1.82, 2.24) is 4.98 Å². The van der Waals surface area contributed by atoms with Gasteiger partial charge in [-0.2, -0.15) is 0 Å². The van der Waals surface area contributed by atoms with Crippen LogP contribution in [0.4, 0.5) is 24.7 Å². The lowest BCUT2D eigenvalue weighted by Gasteiger charge is -2.11. The largest absolute Gasteiger partial charge is 0.573 e.